The van der Waals surface area contributed by atoms with Gasteiger partial charge in [-0.3, -0.25) is 4.79 Å². The zero-order valence-corrected chi connectivity index (χ0v) is 12.5. The van der Waals surface area contributed by atoms with E-state index in [1.165, 1.54) is 6.92 Å². The monoisotopic (exact) mass is 332 g/mol. The van der Waals surface area contributed by atoms with Crippen molar-refractivity contribution in [2.24, 2.45) is 0 Å². The van der Waals surface area contributed by atoms with Crippen molar-refractivity contribution in [1.29, 1.82) is 0 Å². The van der Waals surface area contributed by atoms with Crippen molar-refractivity contribution >= 4 is 39.3 Å². The first-order valence-electron chi connectivity index (χ1n) is 5.51. The Bertz CT molecular complexity index is 460. The summed E-state index contributed by atoms with van der Waals surface area (Å²) >= 11 is 9.12. The Hall–Kier alpha value is -0.870. The number of hydrogen-bond acceptors (Lipinski definition) is 3. The van der Waals surface area contributed by atoms with E-state index in [1.807, 2.05) is 0 Å². The molecule has 1 unspecified atom stereocenters. The highest BCUT2D eigenvalue weighted by Gasteiger charge is 2.17. The van der Waals surface area contributed by atoms with Crippen LogP contribution in [0.15, 0.2) is 18.2 Å². The Morgan fingerprint density at radius 2 is 2.11 bits per heavy atom. The van der Waals surface area contributed by atoms with E-state index in [4.69, 9.17) is 16.3 Å². The summed E-state index contributed by atoms with van der Waals surface area (Å²) < 4.78 is 4.94. The Kier molecular flexibility index (Phi) is 5.82. The molecule has 0 amide bonds. The van der Waals surface area contributed by atoms with Gasteiger partial charge in [-0.05, 0) is 31.0 Å². The second-order valence-electron chi connectivity index (χ2n) is 3.74. The molecule has 0 aliphatic carbocycles. The van der Waals surface area contributed by atoms with E-state index in [-0.39, 0.29) is 16.5 Å². The fourth-order valence-corrected chi connectivity index (χ4v) is 2.03. The Balaban J connectivity index is 3.11. The maximum Gasteiger partial charge on any atom is 0.338 e. The number of carbonyl (C=O) groups excluding carboxylic acids is 2. The zero-order chi connectivity index (χ0) is 13.7. The predicted molar refractivity (Wildman–Crippen MR) is 74.3 cm³/mol. The standard InChI is InChI=1S/C13H14BrClO3/c1-3-18-13(17)11-5-4-9(6-10(11)7-15)12(14)8(2)16/h4-6,12H,3,7H2,1-2H3. The fourth-order valence-electron chi connectivity index (χ4n) is 1.52. The molecule has 0 saturated heterocycles. The van der Waals surface area contributed by atoms with E-state index in [0.29, 0.717) is 17.7 Å². The normalized spacial score (nSPS) is 12.0. The lowest BCUT2D eigenvalue weighted by molar-refractivity contribution is -0.116. The Labute approximate surface area is 120 Å². The van der Waals surface area contributed by atoms with Gasteiger partial charge in [0, 0.05) is 5.88 Å². The first kappa shape index (κ1) is 15.2. The SMILES string of the molecule is CCOC(=O)c1ccc(C(Br)C(C)=O)cc1CCl. The molecule has 0 fully saturated rings. The van der Waals surface area contributed by atoms with Gasteiger partial charge in [0.1, 0.15) is 5.78 Å². The van der Waals surface area contributed by atoms with Crippen LogP contribution in [-0.2, 0) is 15.4 Å². The maximum absolute atomic E-state index is 11.7. The van der Waals surface area contributed by atoms with Gasteiger partial charge in [-0.1, -0.05) is 28.1 Å². The fraction of sp³-hybridized carbons (Fsp3) is 0.385. The molecule has 0 aliphatic rings. The summed E-state index contributed by atoms with van der Waals surface area (Å²) in [6.45, 7) is 3.56. The summed E-state index contributed by atoms with van der Waals surface area (Å²) in [4.78, 5) is 22.6. The molecule has 1 rings (SSSR count). The predicted octanol–water partition coefficient (Wildman–Crippen LogP) is 3.63. The number of benzene rings is 1. The molecule has 0 bridgehead atoms. The van der Waals surface area contributed by atoms with E-state index in [2.05, 4.69) is 15.9 Å². The van der Waals surface area contributed by atoms with Crippen molar-refractivity contribution in [3.05, 3.63) is 34.9 Å². The number of alkyl halides is 2. The highest BCUT2D eigenvalue weighted by Crippen LogP contribution is 2.26. The third-order valence-corrected chi connectivity index (χ3v) is 3.88. The maximum atomic E-state index is 11.7. The first-order valence-corrected chi connectivity index (χ1v) is 6.96. The topological polar surface area (TPSA) is 43.4 Å². The molecule has 0 saturated carbocycles. The van der Waals surface area contributed by atoms with Crippen LogP contribution in [0.3, 0.4) is 0 Å². The smallest absolute Gasteiger partial charge is 0.338 e. The molecule has 1 aromatic rings. The van der Waals surface area contributed by atoms with Crippen molar-refractivity contribution in [3.63, 3.8) is 0 Å². The van der Waals surface area contributed by atoms with Gasteiger partial charge in [0.15, 0.2) is 0 Å². The van der Waals surface area contributed by atoms with Gasteiger partial charge in [-0.15, -0.1) is 11.6 Å². The van der Waals surface area contributed by atoms with Gasteiger partial charge >= 0.3 is 5.97 Å². The van der Waals surface area contributed by atoms with Crippen molar-refractivity contribution in [3.8, 4) is 0 Å². The van der Waals surface area contributed by atoms with E-state index in [1.54, 1.807) is 25.1 Å². The van der Waals surface area contributed by atoms with Gasteiger partial charge in [0.25, 0.3) is 0 Å². The largest absolute Gasteiger partial charge is 0.462 e. The number of carbonyl (C=O) groups is 2. The second kappa shape index (κ2) is 6.90. The minimum absolute atomic E-state index is 0.000549. The second-order valence-corrected chi connectivity index (χ2v) is 4.93. The van der Waals surface area contributed by atoms with Gasteiger partial charge in [-0.25, -0.2) is 4.79 Å². The molecule has 0 heterocycles. The number of ether oxygens (including phenoxy) is 1. The highest BCUT2D eigenvalue weighted by atomic mass is 79.9. The van der Waals surface area contributed by atoms with Crippen molar-refractivity contribution < 1.29 is 14.3 Å². The Morgan fingerprint density at radius 3 is 2.61 bits per heavy atom. The van der Waals surface area contributed by atoms with E-state index >= 15 is 0 Å². The Morgan fingerprint density at radius 1 is 1.44 bits per heavy atom. The number of hydrogen-bond donors (Lipinski definition) is 0. The molecule has 0 spiro atoms. The molecular formula is C13H14BrClO3. The van der Waals surface area contributed by atoms with Crippen LogP contribution in [0.1, 0.15) is 40.2 Å². The average Bonchev–Trinajstić information content (AvgIpc) is 2.37. The summed E-state index contributed by atoms with van der Waals surface area (Å²) in [5.74, 6) is -0.201. The van der Waals surface area contributed by atoms with Crippen LogP contribution < -0.4 is 0 Å². The lowest BCUT2D eigenvalue weighted by Crippen LogP contribution is -2.09. The lowest BCUT2D eigenvalue weighted by atomic mass is 10.0. The van der Waals surface area contributed by atoms with Crippen molar-refractivity contribution in [2.75, 3.05) is 6.61 Å². The molecule has 3 nitrogen and oxygen atoms in total. The van der Waals surface area contributed by atoms with Crippen LogP contribution >= 0.6 is 27.5 Å². The van der Waals surface area contributed by atoms with Crippen molar-refractivity contribution in [2.45, 2.75) is 24.6 Å². The molecule has 1 aromatic carbocycles. The number of Topliss-reactive ketones (excluding diaryl/α,β-unsaturated/α-hetero) is 1. The number of esters is 1. The van der Waals surface area contributed by atoms with Gasteiger partial charge in [0.2, 0.25) is 0 Å². The zero-order valence-electron chi connectivity index (χ0n) is 10.2. The molecule has 1 atom stereocenters. The van der Waals surface area contributed by atoms with Crippen LogP contribution in [0.4, 0.5) is 0 Å². The minimum atomic E-state index is -0.395. The lowest BCUT2D eigenvalue weighted by Gasteiger charge is -2.11. The summed E-state index contributed by atoms with van der Waals surface area (Å²) in [7, 11) is 0. The van der Waals surface area contributed by atoms with E-state index in [0.717, 1.165) is 5.56 Å². The molecule has 0 aromatic heterocycles. The van der Waals surface area contributed by atoms with Crippen LogP contribution in [0, 0.1) is 0 Å². The molecule has 0 aliphatic heterocycles. The van der Waals surface area contributed by atoms with Gasteiger partial charge in [-0.2, -0.15) is 0 Å². The third kappa shape index (κ3) is 3.56. The van der Waals surface area contributed by atoms with Gasteiger partial charge < -0.3 is 4.74 Å². The van der Waals surface area contributed by atoms with Crippen molar-refractivity contribution in [1.82, 2.24) is 0 Å². The highest BCUT2D eigenvalue weighted by molar-refractivity contribution is 9.09. The number of rotatable bonds is 5. The van der Waals surface area contributed by atoms with Gasteiger partial charge in [0.05, 0.1) is 17.0 Å². The van der Waals surface area contributed by atoms with Crippen LogP contribution in [-0.4, -0.2) is 18.4 Å². The summed E-state index contributed by atoms with van der Waals surface area (Å²) in [5, 5.41) is 0. The summed E-state index contributed by atoms with van der Waals surface area (Å²) in [6.07, 6.45) is 0. The molecule has 98 valence electrons. The summed E-state index contributed by atoms with van der Waals surface area (Å²) in [5.41, 5.74) is 1.89. The van der Waals surface area contributed by atoms with E-state index < -0.39 is 5.97 Å². The molecular weight excluding hydrogens is 319 g/mol. The average molecular weight is 334 g/mol. The molecule has 18 heavy (non-hydrogen) atoms. The van der Waals surface area contributed by atoms with Crippen LogP contribution in [0.2, 0.25) is 0 Å². The van der Waals surface area contributed by atoms with Crippen LogP contribution in [0.5, 0.6) is 0 Å². The molecule has 0 N–H and O–H groups in total. The summed E-state index contributed by atoms with van der Waals surface area (Å²) in [6, 6.07) is 5.12. The minimum Gasteiger partial charge on any atom is -0.462 e. The molecule has 5 heteroatoms. The number of halogens is 2. The quantitative estimate of drug-likeness (QED) is 0.610. The molecule has 0 radical (unpaired) electrons. The third-order valence-electron chi connectivity index (χ3n) is 2.42. The van der Waals surface area contributed by atoms with Crippen LogP contribution in [0.25, 0.3) is 0 Å². The van der Waals surface area contributed by atoms with E-state index in [9.17, 15) is 9.59 Å². The number of ketones is 1. The first-order chi connectivity index (χ1) is 8.51.